The van der Waals surface area contributed by atoms with Crippen molar-refractivity contribution in [2.45, 2.75) is 4.90 Å². The second kappa shape index (κ2) is 8.87. The third kappa shape index (κ3) is 4.28. The number of hydrogen-bond donors (Lipinski definition) is 1. The molecule has 3 heterocycles. The molecule has 0 bridgehead atoms. The lowest BCUT2D eigenvalue weighted by Crippen LogP contribution is -2.14. The fourth-order valence-corrected chi connectivity index (χ4v) is 4.58. The van der Waals surface area contributed by atoms with Crippen molar-refractivity contribution in [2.75, 3.05) is 11.8 Å². The number of hydrogen-bond acceptors (Lipinski definition) is 7. The maximum Gasteiger partial charge on any atom is 0.262 e. The predicted octanol–water partition coefficient (Wildman–Crippen LogP) is 4.56. The SMILES string of the molecule is COc1ncc(-c2ccc3nnc(-c4ccccc4)cc3c2)cc1NS(=O)(=O)c1ccncc1. The number of benzene rings is 2. The summed E-state index contributed by atoms with van der Waals surface area (Å²) < 4.78 is 33.5. The lowest BCUT2D eigenvalue weighted by Gasteiger charge is -2.13. The standard InChI is InChI=1S/C25H19N5O3S/c1-33-25-24(30-34(31,32)21-9-11-26-12-10-21)15-20(16-27-25)18-7-8-22-19(13-18)14-23(29-28-22)17-5-3-2-4-6-17/h2-16,30H,1H3. The topological polar surface area (TPSA) is 107 Å². The summed E-state index contributed by atoms with van der Waals surface area (Å²) >= 11 is 0. The van der Waals surface area contributed by atoms with E-state index in [4.69, 9.17) is 4.74 Å². The number of pyridine rings is 2. The summed E-state index contributed by atoms with van der Waals surface area (Å²) in [6.07, 6.45) is 4.47. The van der Waals surface area contributed by atoms with Crippen LogP contribution in [-0.4, -0.2) is 35.7 Å². The zero-order valence-corrected chi connectivity index (χ0v) is 18.9. The van der Waals surface area contributed by atoms with Gasteiger partial charge in [0.05, 0.1) is 23.2 Å². The maximum absolute atomic E-state index is 12.8. The quantitative estimate of drug-likeness (QED) is 0.388. The Kier molecular flexibility index (Phi) is 5.60. The molecule has 0 aliphatic heterocycles. The number of nitrogens with one attached hydrogen (secondary N) is 1. The van der Waals surface area contributed by atoms with Crippen molar-refractivity contribution in [1.29, 1.82) is 0 Å². The molecule has 2 aromatic carbocycles. The summed E-state index contributed by atoms with van der Waals surface area (Å²) in [5.74, 6) is 0.166. The largest absolute Gasteiger partial charge is 0.480 e. The van der Waals surface area contributed by atoms with E-state index >= 15 is 0 Å². The highest BCUT2D eigenvalue weighted by molar-refractivity contribution is 7.92. The third-order valence-electron chi connectivity index (χ3n) is 5.24. The summed E-state index contributed by atoms with van der Waals surface area (Å²) in [4.78, 5) is 8.26. The first kappa shape index (κ1) is 21.5. The number of anilines is 1. The van der Waals surface area contributed by atoms with E-state index in [1.165, 1.54) is 31.6 Å². The zero-order chi connectivity index (χ0) is 23.5. The second-order valence-corrected chi connectivity index (χ2v) is 9.12. The van der Waals surface area contributed by atoms with E-state index in [1.54, 1.807) is 12.3 Å². The number of sulfonamides is 1. The molecule has 0 aliphatic carbocycles. The van der Waals surface area contributed by atoms with Crippen molar-refractivity contribution in [2.24, 2.45) is 0 Å². The van der Waals surface area contributed by atoms with E-state index in [0.29, 0.717) is 5.56 Å². The number of aromatic nitrogens is 4. The van der Waals surface area contributed by atoms with Crippen molar-refractivity contribution >= 4 is 26.6 Å². The number of fused-ring (bicyclic) bond motifs is 1. The van der Waals surface area contributed by atoms with Crippen LogP contribution in [0.1, 0.15) is 0 Å². The number of nitrogens with zero attached hydrogens (tertiary/aromatic N) is 4. The molecule has 0 radical (unpaired) electrons. The van der Waals surface area contributed by atoms with E-state index in [2.05, 4.69) is 24.9 Å². The number of rotatable bonds is 6. The van der Waals surface area contributed by atoms with Gasteiger partial charge in [0, 0.05) is 35.1 Å². The number of ether oxygens (including phenoxy) is 1. The lowest BCUT2D eigenvalue weighted by atomic mass is 10.0. The van der Waals surface area contributed by atoms with Crippen LogP contribution < -0.4 is 9.46 Å². The van der Waals surface area contributed by atoms with Gasteiger partial charge < -0.3 is 4.74 Å². The molecular weight excluding hydrogens is 450 g/mol. The van der Waals surface area contributed by atoms with Gasteiger partial charge in [-0.2, -0.15) is 0 Å². The molecule has 0 saturated heterocycles. The molecule has 0 aliphatic rings. The van der Waals surface area contributed by atoms with Crippen molar-refractivity contribution < 1.29 is 13.2 Å². The maximum atomic E-state index is 12.8. The van der Waals surface area contributed by atoms with Gasteiger partial charge in [0.2, 0.25) is 5.88 Å². The molecule has 0 amide bonds. The molecule has 0 saturated carbocycles. The Balaban J connectivity index is 1.54. The van der Waals surface area contributed by atoms with Gasteiger partial charge in [-0.3, -0.25) is 9.71 Å². The Morgan fingerprint density at radius 3 is 2.38 bits per heavy atom. The van der Waals surface area contributed by atoms with Gasteiger partial charge in [0.15, 0.2) is 0 Å². The fourth-order valence-electron chi connectivity index (χ4n) is 3.54. The van der Waals surface area contributed by atoms with E-state index in [-0.39, 0.29) is 16.5 Å². The minimum Gasteiger partial charge on any atom is -0.480 e. The van der Waals surface area contributed by atoms with Crippen molar-refractivity contribution in [3.05, 3.63) is 91.4 Å². The Labute approximate surface area is 196 Å². The van der Waals surface area contributed by atoms with Crippen LogP contribution in [0.25, 0.3) is 33.3 Å². The molecule has 168 valence electrons. The average Bonchev–Trinajstić information content (AvgIpc) is 2.89. The predicted molar refractivity (Wildman–Crippen MR) is 130 cm³/mol. The Morgan fingerprint density at radius 2 is 1.62 bits per heavy atom. The molecule has 0 fully saturated rings. The monoisotopic (exact) mass is 469 g/mol. The van der Waals surface area contributed by atoms with Gasteiger partial charge in [0.1, 0.15) is 5.69 Å². The van der Waals surface area contributed by atoms with Crippen LogP contribution in [0.4, 0.5) is 5.69 Å². The Hall–Kier alpha value is -4.37. The molecule has 1 N–H and O–H groups in total. The van der Waals surface area contributed by atoms with Crippen LogP contribution >= 0.6 is 0 Å². The fraction of sp³-hybridized carbons (Fsp3) is 0.0400. The minimum absolute atomic E-state index is 0.0904. The van der Waals surface area contributed by atoms with Crippen LogP contribution in [0.5, 0.6) is 5.88 Å². The van der Waals surface area contributed by atoms with Gasteiger partial charge in [0.25, 0.3) is 10.0 Å². The van der Waals surface area contributed by atoms with Gasteiger partial charge in [-0.25, -0.2) is 13.4 Å². The average molecular weight is 470 g/mol. The molecule has 3 aromatic heterocycles. The summed E-state index contributed by atoms with van der Waals surface area (Å²) in [7, 11) is -2.41. The zero-order valence-electron chi connectivity index (χ0n) is 18.1. The van der Waals surface area contributed by atoms with E-state index in [1.807, 2.05) is 54.6 Å². The molecule has 8 nitrogen and oxygen atoms in total. The van der Waals surface area contributed by atoms with Crippen LogP contribution in [0, 0.1) is 0 Å². The summed E-state index contributed by atoms with van der Waals surface area (Å²) in [6, 6.07) is 22.1. The molecule has 5 aromatic rings. The Bertz CT molecular complexity index is 1580. The van der Waals surface area contributed by atoms with Crippen LogP contribution in [0.15, 0.2) is 96.3 Å². The summed E-state index contributed by atoms with van der Waals surface area (Å²) in [6.45, 7) is 0. The molecule has 9 heteroatoms. The van der Waals surface area contributed by atoms with Crippen molar-refractivity contribution in [3.63, 3.8) is 0 Å². The van der Waals surface area contributed by atoms with E-state index in [9.17, 15) is 8.42 Å². The van der Waals surface area contributed by atoms with Crippen LogP contribution in [0.3, 0.4) is 0 Å². The minimum atomic E-state index is -3.84. The highest BCUT2D eigenvalue weighted by Crippen LogP contribution is 2.31. The van der Waals surface area contributed by atoms with Crippen molar-refractivity contribution in [3.8, 4) is 28.3 Å². The molecule has 34 heavy (non-hydrogen) atoms. The van der Waals surface area contributed by atoms with Crippen LogP contribution in [0.2, 0.25) is 0 Å². The van der Waals surface area contributed by atoms with E-state index in [0.717, 1.165) is 27.7 Å². The first-order valence-electron chi connectivity index (χ1n) is 10.3. The number of methoxy groups -OCH3 is 1. The van der Waals surface area contributed by atoms with Gasteiger partial charge in [-0.05, 0) is 42.0 Å². The molecule has 0 spiro atoms. The third-order valence-corrected chi connectivity index (χ3v) is 6.62. The Morgan fingerprint density at radius 1 is 0.824 bits per heavy atom. The molecule has 0 unspecified atom stereocenters. The highest BCUT2D eigenvalue weighted by atomic mass is 32.2. The normalized spacial score (nSPS) is 11.3. The van der Waals surface area contributed by atoms with Crippen LogP contribution in [-0.2, 0) is 10.0 Å². The van der Waals surface area contributed by atoms with Gasteiger partial charge >= 0.3 is 0 Å². The smallest absolute Gasteiger partial charge is 0.262 e. The summed E-state index contributed by atoms with van der Waals surface area (Å²) in [5.41, 5.74) is 4.29. The molecule has 5 rings (SSSR count). The van der Waals surface area contributed by atoms with Gasteiger partial charge in [-0.1, -0.05) is 36.4 Å². The van der Waals surface area contributed by atoms with Gasteiger partial charge in [-0.15, -0.1) is 10.2 Å². The van der Waals surface area contributed by atoms with Crippen molar-refractivity contribution in [1.82, 2.24) is 20.2 Å². The van der Waals surface area contributed by atoms with E-state index < -0.39 is 10.0 Å². The molecular formula is C25H19N5O3S. The first-order valence-corrected chi connectivity index (χ1v) is 11.8. The first-order chi connectivity index (χ1) is 16.5. The summed E-state index contributed by atoms with van der Waals surface area (Å²) in [5, 5.41) is 9.57. The second-order valence-electron chi connectivity index (χ2n) is 7.44. The lowest BCUT2D eigenvalue weighted by molar-refractivity contribution is 0.400. The highest BCUT2D eigenvalue weighted by Gasteiger charge is 2.18. The molecule has 0 atom stereocenters.